The Morgan fingerprint density at radius 3 is 2.85 bits per heavy atom. The van der Waals surface area contributed by atoms with E-state index in [1.54, 1.807) is 13.1 Å². The van der Waals surface area contributed by atoms with Crippen LogP contribution in [-0.4, -0.2) is 17.0 Å². The zero-order valence-corrected chi connectivity index (χ0v) is 7.16. The molecule has 0 aliphatic carbocycles. The summed E-state index contributed by atoms with van der Waals surface area (Å²) in [7, 11) is 1.79. The summed E-state index contributed by atoms with van der Waals surface area (Å²) in [5.74, 6) is 0.745. The summed E-state index contributed by atoms with van der Waals surface area (Å²) in [6.45, 7) is 0. The number of fused-ring (bicyclic) bond motifs is 1. The first kappa shape index (κ1) is 7.79. The molecule has 2 aromatic heterocycles. The molecule has 66 valence electrons. The highest BCUT2D eigenvalue weighted by atomic mass is 16.1. The van der Waals surface area contributed by atoms with Crippen molar-refractivity contribution < 1.29 is 0 Å². The summed E-state index contributed by atoms with van der Waals surface area (Å²) in [6.07, 6.45) is 0. The summed E-state index contributed by atoms with van der Waals surface area (Å²) in [6, 6.07) is 7.01. The van der Waals surface area contributed by atoms with Crippen LogP contribution in [0.25, 0.3) is 11.0 Å². The zero-order chi connectivity index (χ0) is 9.26. The lowest BCUT2D eigenvalue weighted by Crippen LogP contribution is -2.04. The molecule has 0 radical (unpaired) electrons. The van der Waals surface area contributed by atoms with Crippen molar-refractivity contribution in [2.45, 2.75) is 0 Å². The number of rotatable bonds is 1. The van der Waals surface area contributed by atoms with Crippen LogP contribution in [0.5, 0.6) is 0 Å². The molecule has 0 aliphatic heterocycles. The predicted molar refractivity (Wildman–Crippen MR) is 51.9 cm³/mol. The van der Waals surface area contributed by atoms with Crippen LogP contribution in [0.2, 0.25) is 0 Å². The zero-order valence-electron chi connectivity index (χ0n) is 7.16. The van der Waals surface area contributed by atoms with Crippen molar-refractivity contribution in [1.29, 1.82) is 0 Å². The normalized spacial score (nSPS) is 10.2. The quantitative estimate of drug-likeness (QED) is 0.678. The Morgan fingerprint density at radius 1 is 1.31 bits per heavy atom. The van der Waals surface area contributed by atoms with Crippen molar-refractivity contribution in [3.05, 3.63) is 34.6 Å². The summed E-state index contributed by atoms with van der Waals surface area (Å²) < 4.78 is 0. The molecule has 0 saturated carbocycles. The Labute approximate surface area is 74.6 Å². The van der Waals surface area contributed by atoms with Crippen molar-refractivity contribution in [2.24, 2.45) is 0 Å². The van der Waals surface area contributed by atoms with E-state index in [9.17, 15) is 4.79 Å². The highest BCUT2D eigenvalue weighted by molar-refractivity contribution is 5.75. The van der Waals surface area contributed by atoms with Gasteiger partial charge in [0.15, 0.2) is 0 Å². The summed E-state index contributed by atoms with van der Waals surface area (Å²) in [4.78, 5) is 17.8. The van der Waals surface area contributed by atoms with Gasteiger partial charge in [0.2, 0.25) is 5.56 Å². The third-order valence-corrected chi connectivity index (χ3v) is 1.84. The van der Waals surface area contributed by atoms with Crippen molar-refractivity contribution in [3.63, 3.8) is 0 Å². The van der Waals surface area contributed by atoms with E-state index < -0.39 is 0 Å². The first-order chi connectivity index (χ1) is 6.29. The molecule has 4 heteroatoms. The maximum Gasteiger partial charge on any atom is 0.249 e. The fourth-order valence-electron chi connectivity index (χ4n) is 1.17. The van der Waals surface area contributed by atoms with Gasteiger partial charge in [0.05, 0.1) is 0 Å². The standard InChI is InChI=1S/C9H9N3O/c1-10-7-4-2-6-3-5-8(13)12-9(6)11-7/h2-5H,1H3,(H2,10,11,12,13). The number of aromatic nitrogens is 2. The second-order valence-electron chi connectivity index (χ2n) is 2.71. The van der Waals surface area contributed by atoms with Gasteiger partial charge in [-0.2, -0.15) is 0 Å². The molecule has 2 heterocycles. The largest absolute Gasteiger partial charge is 0.373 e. The van der Waals surface area contributed by atoms with E-state index in [2.05, 4.69) is 15.3 Å². The molecule has 2 aromatic rings. The first-order valence-electron chi connectivity index (χ1n) is 3.97. The third-order valence-electron chi connectivity index (χ3n) is 1.84. The topological polar surface area (TPSA) is 57.8 Å². The Bertz CT molecular complexity index is 489. The minimum atomic E-state index is -0.131. The SMILES string of the molecule is CNc1ccc2ccc(=O)[nH]c2n1. The van der Waals surface area contributed by atoms with Crippen LogP contribution in [0.4, 0.5) is 5.82 Å². The lowest BCUT2D eigenvalue weighted by Gasteiger charge is -2.00. The highest BCUT2D eigenvalue weighted by Crippen LogP contribution is 2.09. The van der Waals surface area contributed by atoms with Crippen LogP contribution in [0.15, 0.2) is 29.1 Å². The van der Waals surface area contributed by atoms with Crippen molar-refractivity contribution >= 4 is 16.9 Å². The smallest absolute Gasteiger partial charge is 0.249 e. The Morgan fingerprint density at radius 2 is 2.08 bits per heavy atom. The van der Waals surface area contributed by atoms with E-state index in [1.165, 1.54) is 6.07 Å². The van der Waals surface area contributed by atoms with Gasteiger partial charge in [-0.05, 0) is 18.2 Å². The van der Waals surface area contributed by atoms with Gasteiger partial charge >= 0.3 is 0 Å². The van der Waals surface area contributed by atoms with E-state index in [1.807, 2.05) is 12.1 Å². The number of hydrogen-bond donors (Lipinski definition) is 2. The molecular formula is C9H9N3O. The second-order valence-corrected chi connectivity index (χ2v) is 2.71. The maximum atomic E-state index is 11.0. The molecular weight excluding hydrogens is 166 g/mol. The Hall–Kier alpha value is -1.84. The number of nitrogens with zero attached hydrogens (tertiary/aromatic N) is 1. The molecule has 0 fully saturated rings. The van der Waals surface area contributed by atoms with E-state index in [4.69, 9.17) is 0 Å². The fourth-order valence-corrected chi connectivity index (χ4v) is 1.17. The summed E-state index contributed by atoms with van der Waals surface area (Å²) >= 11 is 0. The van der Waals surface area contributed by atoms with Gasteiger partial charge in [-0.15, -0.1) is 0 Å². The number of nitrogens with one attached hydrogen (secondary N) is 2. The maximum absolute atomic E-state index is 11.0. The lowest BCUT2D eigenvalue weighted by atomic mass is 10.3. The highest BCUT2D eigenvalue weighted by Gasteiger charge is 1.96. The van der Waals surface area contributed by atoms with E-state index >= 15 is 0 Å². The number of anilines is 1. The van der Waals surface area contributed by atoms with Gasteiger partial charge < -0.3 is 10.3 Å². The lowest BCUT2D eigenvalue weighted by molar-refractivity contribution is 1.22. The van der Waals surface area contributed by atoms with Crippen LogP contribution >= 0.6 is 0 Å². The molecule has 2 rings (SSSR count). The second kappa shape index (κ2) is 2.90. The van der Waals surface area contributed by atoms with Crippen molar-refractivity contribution in [3.8, 4) is 0 Å². The minimum Gasteiger partial charge on any atom is -0.373 e. The van der Waals surface area contributed by atoms with E-state index in [0.29, 0.717) is 5.65 Å². The minimum absolute atomic E-state index is 0.131. The van der Waals surface area contributed by atoms with E-state index in [-0.39, 0.29) is 5.56 Å². The average molecular weight is 175 g/mol. The number of H-pyrrole nitrogens is 1. The van der Waals surface area contributed by atoms with Crippen molar-refractivity contribution in [2.75, 3.05) is 12.4 Å². The Balaban J connectivity index is 2.75. The third kappa shape index (κ3) is 1.38. The van der Waals surface area contributed by atoms with E-state index in [0.717, 1.165) is 11.2 Å². The molecule has 0 aromatic carbocycles. The van der Waals surface area contributed by atoms with Crippen molar-refractivity contribution in [1.82, 2.24) is 9.97 Å². The molecule has 0 spiro atoms. The molecule has 0 amide bonds. The van der Waals surface area contributed by atoms with Crippen LogP contribution in [0.3, 0.4) is 0 Å². The van der Waals surface area contributed by atoms with Gasteiger partial charge in [0.25, 0.3) is 0 Å². The van der Waals surface area contributed by atoms with Gasteiger partial charge in [-0.25, -0.2) is 4.98 Å². The molecule has 0 unspecified atom stereocenters. The Kier molecular flexibility index (Phi) is 1.73. The monoisotopic (exact) mass is 175 g/mol. The fraction of sp³-hybridized carbons (Fsp3) is 0.111. The van der Waals surface area contributed by atoms with Gasteiger partial charge in [-0.1, -0.05) is 0 Å². The van der Waals surface area contributed by atoms with Crippen LogP contribution in [-0.2, 0) is 0 Å². The van der Waals surface area contributed by atoms with Crippen LogP contribution in [0.1, 0.15) is 0 Å². The molecule has 13 heavy (non-hydrogen) atoms. The van der Waals surface area contributed by atoms with Crippen LogP contribution in [0, 0.1) is 0 Å². The van der Waals surface area contributed by atoms with Gasteiger partial charge in [0.1, 0.15) is 11.5 Å². The van der Waals surface area contributed by atoms with Gasteiger partial charge in [-0.3, -0.25) is 4.79 Å². The summed E-state index contributed by atoms with van der Waals surface area (Å²) in [5, 5.41) is 3.83. The number of pyridine rings is 2. The predicted octanol–water partition coefficient (Wildman–Crippen LogP) is 0.965. The number of aromatic amines is 1. The summed E-state index contributed by atoms with van der Waals surface area (Å²) in [5.41, 5.74) is 0.479. The molecule has 4 nitrogen and oxygen atoms in total. The molecule has 2 N–H and O–H groups in total. The molecule has 0 atom stereocenters. The first-order valence-corrected chi connectivity index (χ1v) is 3.97. The van der Waals surface area contributed by atoms with Gasteiger partial charge in [0, 0.05) is 18.5 Å². The number of hydrogen-bond acceptors (Lipinski definition) is 3. The molecule has 0 saturated heterocycles. The van der Waals surface area contributed by atoms with Crippen LogP contribution < -0.4 is 10.9 Å². The average Bonchev–Trinajstić information content (AvgIpc) is 2.16. The molecule has 0 bridgehead atoms. The molecule has 0 aliphatic rings.